The standard InChI is InChI=1S/C26H22ClN3O4/c1-15-6-4-9-21(16(15)2)30-25(32)22(27)23(26(30)33)28-19-8-5-7-17(14-19)24(31)29-18-10-12-20(34-3)13-11-18/h4-14,28H,1-3H3,(H,29,31). The number of rotatable bonds is 6. The highest BCUT2D eigenvalue weighted by atomic mass is 35.5. The molecule has 0 radical (unpaired) electrons. The van der Waals surface area contributed by atoms with Crippen molar-refractivity contribution in [1.29, 1.82) is 0 Å². The number of methoxy groups -OCH3 is 1. The van der Waals surface area contributed by atoms with Gasteiger partial charge in [0.2, 0.25) is 0 Å². The summed E-state index contributed by atoms with van der Waals surface area (Å²) in [6.45, 7) is 3.75. The Kier molecular flexibility index (Phi) is 6.38. The molecule has 0 spiro atoms. The van der Waals surface area contributed by atoms with Crippen molar-refractivity contribution in [3.8, 4) is 5.75 Å². The summed E-state index contributed by atoms with van der Waals surface area (Å²) in [5.41, 5.74) is 3.62. The SMILES string of the molecule is COc1ccc(NC(=O)c2cccc(NC3=C(Cl)C(=O)N(c4cccc(C)c4C)C3=O)c2)cc1. The summed E-state index contributed by atoms with van der Waals surface area (Å²) >= 11 is 6.26. The number of nitrogens with zero attached hydrogens (tertiary/aromatic N) is 1. The monoisotopic (exact) mass is 475 g/mol. The molecule has 0 aromatic heterocycles. The van der Waals surface area contributed by atoms with Crippen molar-refractivity contribution in [3.63, 3.8) is 0 Å². The zero-order valence-corrected chi connectivity index (χ0v) is 19.6. The molecular weight excluding hydrogens is 454 g/mol. The van der Waals surface area contributed by atoms with Gasteiger partial charge in [0.25, 0.3) is 17.7 Å². The molecule has 0 atom stereocenters. The molecule has 0 saturated carbocycles. The molecule has 172 valence electrons. The van der Waals surface area contributed by atoms with Crippen LogP contribution < -0.4 is 20.3 Å². The van der Waals surface area contributed by atoms with Gasteiger partial charge in [0.15, 0.2) is 0 Å². The number of hydrogen-bond acceptors (Lipinski definition) is 5. The average Bonchev–Trinajstić information content (AvgIpc) is 3.04. The molecule has 0 saturated heterocycles. The number of nitrogens with one attached hydrogen (secondary N) is 2. The van der Waals surface area contributed by atoms with E-state index in [4.69, 9.17) is 16.3 Å². The minimum Gasteiger partial charge on any atom is -0.497 e. The largest absolute Gasteiger partial charge is 0.497 e. The lowest BCUT2D eigenvalue weighted by Crippen LogP contribution is -2.33. The molecule has 1 aliphatic heterocycles. The maximum atomic E-state index is 13.1. The topological polar surface area (TPSA) is 87.7 Å². The number of carbonyl (C=O) groups is 3. The van der Waals surface area contributed by atoms with Crippen molar-refractivity contribution in [2.24, 2.45) is 0 Å². The van der Waals surface area contributed by atoms with E-state index in [1.54, 1.807) is 67.8 Å². The number of ether oxygens (including phenoxy) is 1. The molecule has 0 fully saturated rings. The predicted octanol–water partition coefficient (Wildman–Crippen LogP) is 5.00. The lowest BCUT2D eigenvalue weighted by molar-refractivity contribution is -0.120. The Balaban J connectivity index is 1.54. The normalized spacial score (nSPS) is 13.4. The van der Waals surface area contributed by atoms with Gasteiger partial charge in [-0.3, -0.25) is 14.4 Å². The Labute approximate surface area is 202 Å². The van der Waals surface area contributed by atoms with Crippen LogP contribution in [0.25, 0.3) is 0 Å². The van der Waals surface area contributed by atoms with E-state index in [1.165, 1.54) is 0 Å². The zero-order chi connectivity index (χ0) is 24.4. The number of halogens is 1. The van der Waals surface area contributed by atoms with Crippen LogP contribution in [0.1, 0.15) is 21.5 Å². The molecule has 2 N–H and O–H groups in total. The quantitative estimate of drug-likeness (QED) is 0.490. The summed E-state index contributed by atoms with van der Waals surface area (Å²) in [6, 6.07) is 18.9. The Morgan fingerprint density at radius 3 is 2.32 bits per heavy atom. The first-order valence-electron chi connectivity index (χ1n) is 10.5. The van der Waals surface area contributed by atoms with Crippen LogP contribution in [-0.2, 0) is 9.59 Å². The van der Waals surface area contributed by atoms with Crippen LogP contribution in [0.2, 0.25) is 0 Å². The average molecular weight is 476 g/mol. The fourth-order valence-electron chi connectivity index (χ4n) is 3.57. The molecule has 0 bridgehead atoms. The predicted molar refractivity (Wildman–Crippen MR) is 132 cm³/mol. The van der Waals surface area contributed by atoms with Crippen molar-refractivity contribution in [1.82, 2.24) is 0 Å². The van der Waals surface area contributed by atoms with E-state index in [0.29, 0.717) is 28.4 Å². The highest BCUT2D eigenvalue weighted by Gasteiger charge is 2.39. The van der Waals surface area contributed by atoms with Gasteiger partial charge in [0.1, 0.15) is 16.5 Å². The van der Waals surface area contributed by atoms with Gasteiger partial charge in [-0.25, -0.2) is 4.90 Å². The van der Waals surface area contributed by atoms with Crippen LogP contribution in [0, 0.1) is 13.8 Å². The van der Waals surface area contributed by atoms with Gasteiger partial charge in [-0.1, -0.05) is 29.8 Å². The summed E-state index contributed by atoms with van der Waals surface area (Å²) in [5, 5.41) is 5.51. The van der Waals surface area contributed by atoms with E-state index in [-0.39, 0.29) is 16.6 Å². The molecule has 1 aliphatic rings. The number of amides is 3. The van der Waals surface area contributed by atoms with Gasteiger partial charge >= 0.3 is 0 Å². The second-order valence-electron chi connectivity index (χ2n) is 7.74. The Morgan fingerprint density at radius 2 is 1.62 bits per heavy atom. The maximum Gasteiger partial charge on any atom is 0.283 e. The van der Waals surface area contributed by atoms with E-state index in [1.807, 2.05) is 19.9 Å². The van der Waals surface area contributed by atoms with Crippen LogP contribution in [0.3, 0.4) is 0 Å². The smallest absolute Gasteiger partial charge is 0.283 e. The van der Waals surface area contributed by atoms with Crippen molar-refractivity contribution in [3.05, 3.63) is 94.1 Å². The Bertz CT molecular complexity index is 1330. The first-order chi connectivity index (χ1) is 16.3. The fraction of sp³-hybridized carbons (Fsp3) is 0.115. The number of aryl methyl sites for hydroxylation is 1. The van der Waals surface area contributed by atoms with Crippen LogP contribution >= 0.6 is 11.6 Å². The van der Waals surface area contributed by atoms with E-state index in [0.717, 1.165) is 16.0 Å². The first-order valence-corrected chi connectivity index (χ1v) is 10.8. The highest BCUT2D eigenvalue weighted by Crippen LogP contribution is 2.33. The van der Waals surface area contributed by atoms with Crippen LogP contribution in [0.5, 0.6) is 5.75 Å². The molecule has 0 unspecified atom stereocenters. The summed E-state index contributed by atoms with van der Waals surface area (Å²) in [6.07, 6.45) is 0. The maximum absolute atomic E-state index is 13.1. The summed E-state index contributed by atoms with van der Waals surface area (Å²) in [4.78, 5) is 39.7. The fourth-order valence-corrected chi connectivity index (χ4v) is 3.78. The molecule has 3 aromatic carbocycles. The second kappa shape index (κ2) is 9.41. The van der Waals surface area contributed by atoms with E-state index in [2.05, 4.69) is 10.6 Å². The van der Waals surface area contributed by atoms with Gasteiger partial charge in [0.05, 0.1) is 12.8 Å². The van der Waals surface area contributed by atoms with Gasteiger partial charge in [-0.2, -0.15) is 0 Å². The summed E-state index contributed by atoms with van der Waals surface area (Å²) < 4.78 is 5.12. The molecular formula is C26H22ClN3O4. The molecule has 1 heterocycles. The van der Waals surface area contributed by atoms with Gasteiger partial charge < -0.3 is 15.4 Å². The first kappa shape index (κ1) is 23.1. The third-order valence-corrected chi connectivity index (χ3v) is 5.94. The van der Waals surface area contributed by atoms with E-state index in [9.17, 15) is 14.4 Å². The molecule has 8 heteroatoms. The van der Waals surface area contributed by atoms with Gasteiger partial charge in [-0.15, -0.1) is 0 Å². The Morgan fingerprint density at radius 1 is 0.912 bits per heavy atom. The number of anilines is 3. The number of benzene rings is 3. The summed E-state index contributed by atoms with van der Waals surface area (Å²) in [7, 11) is 1.57. The van der Waals surface area contributed by atoms with Gasteiger partial charge in [0, 0.05) is 16.9 Å². The molecule has 3 aromatic rings. The van der Waals surface area contributed by atoms with Gasteiger partial charge in [-0.05, 0) is 73.5 Å². The minimum atomic E-state index is -0.601. The van der Waals surface area contributed by atoms with Crippen molar-refractivity contribution in [2.75, 3.05) is 22.6 Å². The van der Waals surface area contributed by atoms with Crippen LogP contribution in [-0.4, -0.2) is 24.8 Å². The van der Waals surface area contributed by atoms with Crippen molar-refractivity contribution >= 4 is 46.4 Å². The van der Waals surface area contributed by atoms with Crippen molar-refractivity contribution < 1.29 is 19.1 Å². The summed E-state index contributed by atoms with van der Waals surface area (Å²) in [5.74, 6) is -0.812. The molecule has 34 heavy (non-hydrogen) atoms. The zero-order valence-electron chi connectivity index (χ0n) is 18.8. The molecule has 7 nitrogen and oxygen atoms in total. The van der Waals surface area contributed by atoms with Crippen molar-refractivity contribution in [2.45, 2.75) is 13.8 Å². The molecule has 4 rings (SSSR count). The molecule has 0 aliphatic carbocycles. The Hall–Kier alpha value is -4.10. The van der Waals surface area contributed by atoms with Crippen LogP contribution in [0.15, 0.2) is 77.5 Å². The molecule has 3 amide bonds. The highest BCUT2D eigenvalue weighted by molar-refractivity contribution is 6.53. The number of hydrogen-bond donors (Lipinski definition) is 2. The van der Waals surface area contributed by atoms with E-state index < -0.39 is 11.8 Å². The number of imide groups is 1. The third-order valence-electron chi connectivity index (χ3n) is 5.59. The van der Waals surface area contributed by atoms with E-state index >= 15 is 0 Å². The third kappa shape index (κ3) is 4.38. The lowest BCUT2D eigenvalue weighted by Gasteiger charge is -2.18. The lowest BCUT2D eigenvalue weighted by atomic mass is 10.1. The minimum absolute atomic E-state index is 0.0414. The number of carbonyl (C=O) groups excluding carboxylic acids is 3. The second-order valence-corrected chi connectivity index (χ2v) is 8.12. The van der Waals surface area contributed by atoms with Crippen LogP contribution in [0.4, 0.5) is 17.1 Å².